The number of nitrogens with zero attached hydrogens (tertiary/aromatic N) is 2. The van der Waals surface area contributed by atoms with Crippen molar-refractivity contribution in [3.05, 3.63) is 23.2 Å². The summed E-state index contributed by atoms with van der Waals surface area (Å²) in [6.45, 7) is 5.59. The summed E-state index contributed by atoms with van der Waals surface area (Å²) in [6.07, 6.45) is 6.52. The minimum atomic E-state index is 0.373. The first-order valence-corrected chi connectivity index (χ1v) is 8.28. The Labute approximate surface area is 131 Å². The predicted octanol–water partition coefficient (Wildman–Crippen LogP) is 4.88. The first-order valence-electron chi connectivity index (χ1n) is 7.90. The van der Waals surface area contributed by atoms with Gasteiger partial charge in [-0.3, -0.25) is 0 Å². The lowest BCUT2D eigenvalue weighted by molar-refractivity contribution is 0.200. The van der Waals surface area contributed by atoms with E-state index in [2.05, 4.69) is 23.4 Å². The summed E-state index contributed by atoms with van der Waals surface area (Å²) in [7, 11) is 0. The van der Waals surface area contributed by atoms with Gasteiger partial charge in [0.15, 0.2) is 0 Å². The van der Waals surface area contributed by atoms with Gasteiger partial charge in [0.25, 0.3) is 0 Å². The van der Waals surface area contributed by atoms with Gasteiger partial charge in [-0.2, -0.15) is 0 Å². The molecule has 1 heterocycles. The Hall–Kier alpha value is -1.22. The zero-order valence-electron chi connectivity index (χ0n) is 12.9. The Balaban J connectivity index is 1.99. The molecule has 1 aromatic heterocycles. The number of benzene rings is 1. The van der Waals surface area contributed by atoms with Gasteiger partial charge in [0.05, 0.1) is 11.0 Å². The fourth-order valence-electron chi connectivity index (χ4n) is 4.03. The van der Waals surface area contributed by atoms with Crippen molar-refractivity contribution < 1.29 is 0 Å². The number of hydrogen-bond acceptors (Lipinski definition) is 2. The largest absolute Gasteiger partial charge is 0.369 e. The van der Waals surface area contributed by atoms with Crippen molar-refractivity contribution in [2.24, 2.45) is 11.3 Å². The highest BCUT2D eigenvalue weighted by Crippen LogP contribution is 2.45. The fourth-order valence-corrected chi connectivity index (χ4v) is 4.20. The first-order chi connectivity index (χ1) is 9.99. The third-order valence-electron chi connectivity index (χ3n) is 4.74. The van der Waals surface area contributed by atoms with Gasteiger partial charge < -0.3 is 10.3 Å². The SMILES string of the molecule is CC(C)CC1(Cn2c(N)nc3ccc(Cl)cc32)CCCC1. The molecule has 0 amide bonds. The average molecular weight is 306 g/mol. The summed E-state index contributed by atoms with van der Waals surface area (Å²) >= 11 is 6.15. The van der Waals surface area contributed by atoms with Crippen LogP contribution in [0.25, 0.3) is 11.0 Å². The molecule has 0 bridgehead atoms. The Kier molecular flexibility index (Phi) is 3.87. The minimum Gasteiger partial charge on any atom is -0.369 e. The number of anilines is 1. The number of fused-ring (bicyclic) bond motifs is 1. The van der Waals surface area contributed by atoms with Crippen LogP contribution in [0.4, 0.5) is 5.95 Å². The highest BCUT2D eigenvalue weighted by Gasteiger charge is 2.35. The van der Waals surface area contributed by atoms with E-state index >= 15 is 0 Å². The molecule has 3 nitrogen and oxygen atoms in total. The molecule has 3 rings (SSSR count). The summed E-state index contributed by atoms with van der Waals surface area (Å²) in [5.41, 5.74) is 8.56. The van der Waals surface area contributed by atoms with E-state index in [1.165, 1.54) is 32.1 Å². The second kappa shape index (κ2) is 5.53. The summed E-state index contributed by atoms with van der Waals surface area (Å²) in [4.78, 5) is 4.49. The number of aromatic nitrogens is 2. The van der Waals surface area contributed by atoms with Crippen LogP contribution in [0.3, 0.4) is 0 Å². The molecule has 2 aromatic rings. The van der Waals surface area contributed by atoms with Gasteiger partial charge in [-0.05, 0) is 48.8 Å². The number of nitrogen functional groups attached to an aromatic ring is 1. The van der Waals surface area contributed by atoms with Crippen molar-refractivity contribution >= 4 is 28.6 Å². The molecule has 0 aliphatic heterocycles. The van der Waals surface area contributed by atoms with Crippen molar-refractivity contribution in [1.82, 2.24) is 9.55 Å². The number of imidazole rings is 1. The zero-order chi connectivity index (χ0) is 15.0. The normalized spacial score (nSPS) is 17.9. The Morgan fingerprint density at radius 2 is 2.05 bits per heavy atom. The number of halogens is 1. The predicted molar refractivity (Wildman–Crippen MR) is 89.5 cm³/mol. The molecule has 0 saturated heterocycles. The van der Waals surface area contributed by atoms with E-state index in [1.54, 1.807) is 0 Å². The van der Waals surface area contributed by atoms with Crippen LogP contribution in [-0.2, 0) is 6.54 Å². The molecule has 1 saturated carbocycles. The lowest BCUT2D eigenvalue weighted by Gasteiger charge is -2.32. The van der Waals surface area contributed by atoms with Gasteiger partial charge in [0.1, 0.15) is 0 Å². The highest BCUT2D eigenvalue weighted by molar-refractivity contribution is 6.31. The van der Waals surface area contributed by atoms with Crippen LogP contribution >= 0.6 is 11.6 Å². The first kappa shape index (κ1) is 14.7. The molecule has 114 valence electrons. The zero-order valence-corrected chi connectivity index (χ0v) is 13.7. The molecule has 0 unspecified atom stereocenters. The maximum absolute atomic E-state index is 6.18. The van der Waals surface area contributed by atoms with Crippen molar-refractivity contribution in [3.63, 3.8) is 0 Å². The second-order valence-corrected chi connectivity index (χ2v) is 7.43. The second-order valence-electron chi connectivity index (χ2n) is 6.99. The van der Waals surface area contributed by atoms with E-state index in [0.29, 0.717) is 17.3 Å². The van der Waals surface area contributed by atoms with E-state index in [9.17, 15) is 0 Å². The monoisotopic (exact) mass is 305 g/mol. The number of rotatable bonds is 4. The van der Waals surface area contributed by atoms with E-state index in [0.717, 1.165) is 22.6 Å². The third-order valence-corrected chi connectivity index (χ3v) is 4.97. The molecule has 4 heteroatoms. The quantitative estimate of drug-likeness (QED) is 0.875. The van der Waals surface area contributed by atoms with Gasteiger partial charge in [-0.15, -0.1) is 0 Å². The summed E-state index contributed by atoms with van der Waals surface area (Å²) in [6, 6.07) is 5.81. The summed E-state index contributed by atoms with van der Waals surface area (Å²) in [5, 5.41) is 0.744. The van der Waals surface area contributed by atoms with E-state index in [-0.39, 0.29) is 0 Å². The molecule has 0 spiro atoms. The number of hydrogen-bond donors (Lipinski definition) is 1. The van der Waals surface area contributed by atoms with Gasteiger partial charge in [0, 0.05) is 11.6 Å². The van der Waals surface area contributed by atoms with Crippen LogP contribution in [0.2, 0.25) is 5.02 Å². The Morgan fingerprint density at radius 3 is 2.71 bits per heavy atom. The maximum atomic E-state index is 6.18. The lowest BCUT2D eigenvalue weighted by Crippen LogP contribution is -2.26. The van der Waals surface area contributed by atoms with Crippen molar-refractivity contribution in [1.29, 1.82) is 0 Å². The van der Waals surface area contributed by atoms with Gasteiger partial charge in [-0.25, -0.2) is 4.98 Å². The molecule has 1 aliphatic carbocycles. The molecular formula is C17H24ClN3. The maximum Gasteiger partial charge on any atom is 0.201 e. The Morgan fingerprint density at radius 1 is 1.33 bits per heavy atom. The van der Waals surface area contributed by atoms with Crippen molar-refractivity contribution in [3.8, 4) is 0 Å². The Bertz CT molecular complexity index is 639. The van der Waals surface area contributed by atoms with Crippen LogP contribution in [0, 0.1) is 11.3 Å². The lowest BCUT2D eigenvalue weighted by atomic mass is 9.78. The molecule has 1 aromatic carbocycles. The van der Waals surface area contributed by atoms with Gasteiger partial charge in [0.2, 0.25) is 5.95 Å². The minimum absolute atomic E-state index is 0.373. The molecular weight excluding hydrogens is 282 g/mol. The highest BCUT2D eigenvalue weighted by atomic mass is 35.5. The fraction of sp³-hybridized carbons (Fsp3) is 0.588. The molecule has 0 radical (unpaired) electrons. The van der Waals surface area contributed by atoms with Crippen LogP contribution in [0.5, 0.6) is 0 Å². The third kappa shape index (κ3) is 2.89. The summed E-state index contributed by atoms with van der Waals surface area (Å²) < 4.78 is 2.18. The molecule has 1 fully saturated rings. The standard InChI is InChI=1S/C17H24ClN3/c1-12(2)10-17(7-3-4-8-17)11-21-15-9-13(18)5-6-14(15)20-16(21)19/h5-6,9,12H,3-4,7-8,10-11H2,1-2H3,(H2,19,20). The van der Waals surface area contributed by atoms with E-state index in [4.69, 9.17) is 17.3 Å². The van der Waals surface area contributed by atoms with Crippen LogP contribution in [-0.4, -0.2) is 9.55 Å². The van der Waals surface area contributed by atoms with Gasteiger partial charge in [-0.1, -0.05) is 38.3 Å². The van der Waals surface area contributed by atoms with Crippen LogP contribution < -0.4 is 5.73 Å². The van der Waals surface area contributed by atoms with E-state index in [1.807, 2.05) is 18.2 Å². The van der Waals surface area contributed by atoms with Gasteiger partial charge >= 0.3 is 0 Å². The molecule has 2 N–H and O–H groups in total. The van der Waals surface area contributed by atoms with Crippen LogP contribution in [0.15, 0.2) is 18.2 Å². The van der Waals surface area contributed by atoms with Crippen LogP contribution in [0.1, 0.15) is 46.0 Å². The average Bonchev–Trinajstić information content (AvgIpc) is 2.96. The van der Waals surface area contributed by atoms with Crippen molar-refractivity contribution in [2.45, 2.75) is 52.5 Å². The molecule has 0 atom stereocenters. The smallest absolute Gasteiger partial charge is 0.201 e. The topological polar surface area (TPSA) is 43.8 Å². The van der Waals surface area contributed by atoms with E-state index < -0.39 is 0 Å². The van der Waals surface area contributed by atoms with Crippen molar-refractivity contribution in [2.75, 3.05) is 5.73 Å². The number of nitrogens with two attached hydrogens (primary N) is 1. The molecule has 1 aliphatic rings. The summed E-state index contributed by atoms with van der Waals surface area (Å²) in [5.74, 6) is 1.32. The molecule has 21 heavy (non-hydrogen) atoms.